The van der Waals surface area contributed by atoms with E-state index in [0.717, 1.165) is 11.0 Å². The number of rotatable bonds is 5. The summed E-state index contributed by atoms with van der Waals surface area (Å²) >= 11 is 5.08. The highest BCUT2D eigenvalue weighted by atomic mass is 79.9. The van der Waals surface area contributed by atoms with Crippen LogP contribution in [0.2, 0.25) is 0 Å². The lowest BCUT2D eigenvalue weighted by atomic mass is 10.2. The number of carbonyl (C=O) groups is 1. The van der Waals surface area contributed by atoms with E-state index in [9.17, 15) is 4.79 Å². The maximum atomic E-state index is 11.9. The summed E-state index contributed by atoms with van der Waals surface area (Å²) in [6, 6.07) is 10.9. The minimum absolute atomic E-state index is 0.0715. The normalized spacial score (nSPS) is 10.4. The number of likely N-dealkylation sites (N-methyl/N-ethyl adjacent to an activating group) is 1. The van der Waals surface area contributed by atoms with Crippen molar-refractivity contribution in [2.75, 3.05) is 18.9 Å². The number of halogens is 1. The molecule has 0 atom stereocenters. The zero-order chi connectivity index (χ0) is 15.2. The third-order valence-electron chi connectivity index (χ3n) is 2.76. The van der Waals surface area contributed by atoms with Crippen LogP contribution < -0.4 is 5.32 Å². The fraction of sp³-hybridized carbons (Fsp3) is 0.200. The molecule has 0 aliphatic rings. The lowest BCUT2D eigenvalue weighted by molar-refractivity contribution is -0.117. The van der Waals surface area contributed by atoms with Crippen LogP contribution >= 0.6 is 27.3 Å². The highest BCUT2D eigenvalue weighted by Crippen LogP contribution is 2.20. The summed E-state index contributed by atoms with van der Waals surface area (Å²) in [5.74, 6) is -0.0715. The molecule has 6 heteroatoms. The lowest BCUT2D eigenvalue weighted by Gasteiger charge is -2.15. The van der Waals surface area contributed by atoms with Gasteiger partial charge in [-0.2, -0.15) is 5.26 Å². The Morgan fingerprint density at radius 1 is 1.43 bits per heavy atom. The van der Waals surface area contributed by atoms with Crippen LogP contribution in [0, 0.1) is 11.3 Å². The highest BCUT2D eigenvalue weighted by Gasteiger charge is 2.08. The van der Waals surface area contributed by atoms with Crippen LogP contribution in [-0.2, 0) is 11.3 Å². The maximum absolute atomic E-state index is 11.9. The van der Waals surface area contributed by atoms with Crippen LogP contribution in [0.4, 0.5) is 5.69 Å². The van der Waals surface area contributed by atoms with Crippen LogP contribution in [0.25, 0.3) is 0 Å². The minimum atomic E-state index is -0.0715. The van der Waals surface area contributed by atoms with Gasteiger partial charge >= 0.3 is 0 Å². The molecule has 0 saturated carbocycles. The molecular weight excluding hydrogens is 350 g/mol. The highest BCUT2D eigenvalue weighted by molar-refractivity contribution is 9.10. The van der Waals surface area contributed by atoms with E-state index in [1.54, 1.807) is 35.6 Å². The van der Waals surface area contributed by atoms with Crippen molar-refractivity contribution in [3.8, 4) is 6.07 Å². The Labute approximate surface area is 136 Å². The van der Waals surface area contributed by atoms with E-state index in [-0.39, 0.29) is 5.91 Å². The summed E-state index contributed by atoms with van der Waals surface area (Å²) in [5.41, 5.74) is 1.28. The SMILES string of the molecule is CN(CC(=O)Nc1ccc(C#N)cc1)Cc1cc(Br)cs1. The molecule has 1 amide bonds. The summed E-state index contributed by atoms with van der Waals surface area (Å²) in [4.78, 5) is 15.1. The third-order valence-corrected chi connectivity index (χ3v) is 4.44. The van der Waals surface area contributed by atoms with Crippen molar-refractivity contribution in [1.82, 2.24) is 4.90 Å². The topological polar surface area (TPSA) is 56.1 Å². The van der Waals surface area contributed by atoms with E-state index in [4.69, 9.17) is 5.26 Å². The van der Waals surface area contributed by atoms with E-state index < -0.39 is 0 Å². The number of amides is 1. The van der Waals surface area contributed by atoms with Gasteiger partial charge in [0.05, 0.1) is 18.2 Å². The number of nitrogens with one attached hydrogen (secondary N) is 1. The zero-order valence-corrected chi connectivity index (χ0v) is 13.9. The van der Waals surface area contributed by atoms with Gasteiger partial charge in [0.25, 0.3) is 0 Å². The predicted molar refractivity (Wildman–Crippen MR) is 88.1 cm³/mol. The first kappa shape index (κ1) is 15.7. The van der Waals surface area contributed by atoms with Crippen molar-refractivity contribution in [2.45, 2.75) is 6.54 Å². The second-order valence-corrected chi connectivity index (χ2v) is 6.55. The molecule has 0 spiro atoms. The first-order chi connectivity index (χ1) is 10.1. The monoisotopic (exact) mass is 363 g/mol. The number of anilines is 1. The van der Waals surface area contributed by atoms with Crippen LogP contribution in [-0.4, -0.2) is 24.4 Å². The number of hydrogen-bond donors (Lipinski definition) is 1. The zero-order valence-electron chi connectivity index (χ0n) is 11.5. The van der Waals surface area contributed by atoms with Gasteiger partial charge in [0.2, 0.25) is 5.91 Å². The molecule has 0 radical (unpaired) electrons. The molecular formula is C15H14BrN3OS. The smallest absolute Gasteiger partial charge is 0.238 e. The minimum Gasteiger partial charge on any atom is -0.325 e. The first-order valence-corrected chi connectivity index (χ1v) is 7.95. The predicted octanol–water partition coefficient (Wildman–Crippen LogP) is 3.45. The molecule has 0 bridgehead atoms. The van der Waals surface area contributed by atoms with E-state index >= 15 is 0 Å². The van der Waals surface area contributed by atoms with Crippen LogP contribution in [0.3, 0.4) is 0 Å². The van der Waals surface area contributed by atoms with Crippen molar-refractivity contribution >= 4 is 38.9 Å². The van der Waals surface area contributed by atoms with E-state index in [2.05, 4.69) is 27.3 Å². The quantitative estimate of drug-likeness (QED) is 0.884. The molecule has 2 rings (SSSR count). The molecule has 1 N–H and O–H groups in total. The lowest BCUT2D eigenvalue weighted by Crippen LogP contribution is -2.29. The van der Waals surface area contributed by atoms with Crippen molar-refractivity contribution < 1.29 is 4.79 Å². The van der Waals surface area contributed by atoms with Gasteiger partial charge in [0.1, 0.15) is 0 Å². The molecule has 4 nitrogen and oxygen atoms in total. The van der Waals surface area contributed by atoms with Gasteiger partial charge in [0.15, 0.2) is 0 Å². The second-order valence-electron chi connectivity index (χ2n) is 4.64. The summed E-state index contributed by atoms with van der Waals surface area (Å²) in [5, 5.41) is 13.6. The number of hydrogen-bond acceptors (Lipinski definition) is 4. The van der Waals surface area contributed by atoms with Gasteiger partial charge in [-0.1, -0.05) is 0 Å². The Balaban J connectivity index is 1.84. The molecule has 0 aliphatic heterocycles. The Morgan fingerprint density at radius 2 is 2.14 bits per heavy atom. The fourth-order valence-electron chi connectivity index (χ4n) is 1.83. The Morgan fingerprint density at radius 3 is 2.71 bits per heavy atom. The van der Waals surface area contributed by atoms with E-state index in [0.29, 0.717) is 17.8 Å². The number of nitrogens with zero attached hydrogens (tertiary/aromatic N) is 2. The van der Waals surface area contributed by atoms with E-state index in [1.807, 2.05) is 23.4 Å². The molecule has 108 valence electrons. The van der Waals surface area contributed by atoms with E-state index in [1.165, 1.54) is 4.88 Å². The molecule has 1 aromatic carbocycles. The number of thiophene rings is 1. The van der Waals surface area contributed by atoms with Crippen molar-refractivity contribution in [1.29, 1.82) is 5.26 Å². The van der Waals surface area contributed by atoms with Crippen molar-refractivity contribution in [3.63, 3.8) is 0 Å². The summed E-state index contributed by atoms with van der Waals surface area (Å²) in [6.07, 6.45) is 0. The first-order valence-electron chi connectivity index (χ1n) is 6.28. The Bertz CT molecular complexity index is 660. The molecule has 0 unspecified atom stereocenters. The number of nitriles is 1. The van der Waals surface area contributed by atoms with Gasteiger partial charge in [-0.25, -0.2) is 0 Å². The van der Waals surface area contributed by atoms with Crippen LogP contribution in [0.5, 0.6) is 0 Å². The molecule has 2 aromatic rings. The van der Waals surface area contributed by atoms with Gasteiger partial charge < -0.3 is 5.32 Å². The largest absolute Gasteiger partial charge is 0.325 e. The average molecular weight is 364 g/mol. The summed E-state index contributed by atoms with van der Waals surface area (Å²) < 4.78 is 1.07. The fourth-order valence-corrected chi connectivity index (χ4v) is 3.36. The van der Waals surface area contributed by atoms with Crippen molar-refractivity contribution in [2.24, 2.45) is 0 Å². The molecule has 21 heavy (non-hydrogen) atoms. The third kappa shape index (κ3) is 4.97. The molecule has 1 aromatic heterocycles. The summed E-state index contributed by atoms with van der Waals surface area (Å²) in [7, 11) is 1.91. The summed E-state index contributed by atoms with van der Waals surface area (Å²) in [6.45, 7) is 1.05. The molecule has 1 heterocycles. The second kappa shape index (κ2) is 7.36. The maximum Gasteiger partial charge on any atom is 0.238 e. The average Bonchev–Trinajstić information content (AvgIpc) is 2.84. The van der Waals surface area contributed by atoms with Crippen molar-refractivity contribution in [3.05, 3.63) is 50.6 Å². The Hall–Kier alpha value is -1.68. The van der Waals surface area contributed by atoms with Gasteiger partial charge in [-0.3, -0.25) is 9.69 Å². The number of carbonyl (C=O) groups excluding carboxylic acids is 1. The van der Waals surface area contributed by atoms with Gasteiger partial charge in [0, 0.05) is 27.0 Å². The van der Waals surface area contributed by atoms with Crippen LogP contribution in [0.15, 0.2) is 40.2 Å². The van der Waals surface area contributed by atoms with Crippen LogP contribution in [0.1, 0.15) is 10.4 Å². The standard InChI is InChI=1S/C15H14BrN3OS/c1-19(8-14-6-12(16)10-21-14)9-15(20)18-13-4-2-11(7-17)3-5-13/h2-6,10H,8-9H2,1H3,(H,18,20). The van der Waals surface area contributed by atoms with Gasteiger partial charge in [-0.05, 0) is 53.3 Å². The number of benzene rings is 1. The Kier molecular flexibility index (Phi) is 5.51. The molecule has 0 fully saturated rings. The molecule has 0 saturated heterocycles. The van der Waals surface area contributed by atoms with Gasteiger partial charge in [-0.15, -0.1) is 11.3 Å². The molecule has 0 aliphatic carbocycles.